The maximum absolute atomic E-state index is 13.0. The smallest absolute Gasteiger partial charge is 0.334 e. The summed E-state index contributed by atoms with van der Waals surface area (Å²) in [7, 11) is 0. The van der Waals surface area contributed by atoms with E-state index in [1.165, 1.54) is 11.1 Å². The molecule has 0 aromatic carbocycles. The fourth-order valence-electron chi connectivity index (χ4n) is 4.46. The van der Waals surface area contributed by atoms with Crippen molar-refractivity contribution < 1.29 is 23.7 Å². The first-order valence-corrected chi connectivity index (χ1v) is 11.1. The molecule has 2 atom stereocenters. The van der Waals surface area contributed by atoms with E-state index in [9.17, 15) is 4.79 Å². The maximum atomic E-state index is 13.0. The van der Waals surface area contributed by atoms with Gasteiger partial charge in [0.05, 0.1) is 33.0 Å². The van der Waals surface area contributed by atoms with Gasteiger partial charge in [-0.25, -0.2) is 4.79 Å². The second-order valence-corrected chi connectivity index (χ2v) is 9.08. The summed E-state index contributed by atoms with van der Waals surface area (Å²) in [6, 6.07) is 0.127. The molecular formula is C24H37NO5. The van der Waals surface area contributed by atoms with Gasteiger partial charge in [0.2, 0.25) is 0 Å². The Balaban J connectivity index is 1.85. The molecule has 2 aliphatic heterocycles. The van der Waals surface area contributed by atoms with Crippen LogP contribution < -0.4 is 0 Å². The molecule has 2 heterocycles. The van der Waals surface area contributed by atoms with Crippen molar-refractivity contribution in [1.82, 2.24) is 4.90 Å². The van der Waals surface area contributed by atoms with E-state index in [0.717, 1.165) is 26.3 Å². The molecule has 6 nitrogen and oxygen atoms in total. The Morgan fingerprint density at radius 1 is 1.27 bits per heavy atom. The highest BCUT2D eigenvalue weighted by Crippen LogP contribution is 2.40. The van der Waals surface area contributed by atoms with Crippen molar-refractivity contribution in [3.8, 4) is 0 Å². The van der Waals surface area contributed by atoms with Crippen LogP contribution in [0.4, 0.5) is 0 Å². The quantitative estimate of drug-likeness (QED) is 0.485. The fourth-order valence-corrected chi connectivity index (χ4v) is 4.46. The number of hydrogen-bond donors (Lipinski definition) is 0. The van der Waals surface area contributed by atoms with Crippen LogP contribution in [0.5, 0.6) is 0 Å². The summed E-state index contributed by atoms with van der Waals surface area (Å²) in [4.78, 5) is 15.4. The lowest BCUT2D eigenvalue weighted by Gasteiger charge is -2.38. The summed E-state index contributed by atoms with van der Waals surface area (Å²) in [6.07, 6.45) is 6.57. The Labute approximate surface area is 180 Å². The fraction of sp³-hybridized carbons (Fsp3) is 0.708. The first kappa shape index (κ1) is 23.2. The number of carbonyl (C=O) groups excluding carboxylic acids is 1. The number of carbonyl (C=O) groups is 1. The van der Waals surface area contributed by atoms with Gasteiger partial charge < -0.3 is 18.9 Å². The number of allylic oxidation sites excluding steroid dienone is 1. The van der Waals surface area contributed by atoms with Gasteiger partial charge in [-0.15, -0.1) is 0 Å². The molecule has 0 unspecified atom stereocenters. The molecule has 1 aliphatic carbocycles. The average molecular weight is 420 g/mol. The molecule has 168 valence electrons. The Hall–Kier alpha value is -1.47. The largest absolute Gasteiger partial charge is 0.463 e. The SMILES string of the molecule is C/C=C1/C=C(C)[C@@H](/C(=C/CC2OCC(C)(C)CO2)C(=O)OCC)[C@@H]1N1CCOCC1. The van der Waals surface area contributed by atoms with Gasteiger partial charge in [-0.3, -0.25) is 4.90 Å². The highest BCUT2D eigenvalue weighted by atomic mass is 16.7. The van der Waals surface area contributed by atoms with Crippen LogP contribution in [0.1, 0.15) is 41.0 Å². The van der Waals surface area contributed by atoms with Crippen molar-refractivity contribution in [2.45, 2.75) is 53.4 Å². The summed E-state index contributed by atoms with van der Waals surface area (Å²) in [6.45, 7) is 15.1. The van der Waals surface area contributed by atoms with Crippen molar-refractivity contribution in [3.05, 3.63) is 34.9 Å². The van der Waals surface area contributed by atoms with Crippen LogP contribution in [-0.2, 0) is 23.7 Å². The predicted molar refractivity (Wildman–Crippen MR) is 116 cm³/mol. The molecule has 0 saturated carbocycles. The third kappa shape index (κ3) is 5.41. The lowest BCUT2D eigenvalue weighted by atomic mass is 9.86. The van der Waals surface area contributed by atoms with Gasteiger partial charge in [-0.1, -0.05) is 37.6 Å². The normalized spacial score (nSPS) is 29.8. The Bertz CT molecular complexity index is 692. The highest BCUT2D eigenvalue weighted by Gasteiger charge is 2.40. The Morgan fingerprint density at radius 3 is 2.53 bits per heavy atom. The summed E-state index contributed by atoms with van der Waals surface area (Å²) >= 11 is 0. The molecule has 6 heteroatoms. The molecule has 0 amide bonds. The van der Waals surface area contributed by atoms with E-state index in [4.69, 9.17) is 18.9 Å². The number of rotatable bonds is 6. The molecule has 0 spiro atoms. The molecule has 3 rings (SSSR count). The van der Waals surface area contributed by atoms with Gasteiger partial charge in [0, 0.05) is 42.5 Å². The minimum absolute atomic E-state index is 0.0250. The zero-order valence-corrected chi connectivity index (χ0v) is 19.1. The van der Waals surface area contributed by atoms with Crippen molar-refractivity contribution in [3.63, 3.8) is 0 Å². The van der Waals surface area contributed by atoms with Crippen molar-refractivity contribution in [2.75, 3.05) is 46.1 Å². The molecule has 0 N–H and O–H groups in total. The molecule has 3 aliphatic rings. The minimum Gasteiger partial charge on any atom is -0.463 e. The van der Waals surface area contributed by atoms with Crippen LogP contribution in [0.15, 0.2) is 34.9 Å². The first-order valence-electron chi connectivity index (χ1n) is 11.1. The summed E-state index contributed by atoms with van der Waals surface area (Å²) in [5.74, 6) is -0.282. The predicted octanol–water partition coefficient (Wildman–Crippen LogP) is 3.49. The van der Waals surface area contributed by atoms with Crippen LogP contribution in [0.3, 0.4) is 0 Å². The molecule has 2 saturated heterocycles. The maximum Gasteiger partial charge on any atom is 0.334 e. The highest BCUT2D eigenvalue weighted by molar-refractivity contribution is 5.90. The van der Waals surface area contributed by atoms with Crippen molar-refractivity contribution in [1.29, 1.82) is 0 Å². The van der Waals surface area contributed by atoms with Gasteiger partial charge in [-0.2, -0.15) is 0 Å². The van der Waals surface area contributed by atoms with E-state index in [-0.39, 0.29) is 29.6 Å². The van der Waals surface area contributed by atoms with Crippen molar-refractivity contribution >= 4 is 5.97 Å². The third-order valence-electron chi connectivity index (χ3n) is 6.01. The summed E-state index contributed by atoms with van der Waals surface area (Å²) in [5.41, 5.74) is 3.17. The van der Waals surface area contributed by atoms with Crippen molar-refractivity contribution in [2.24, 2.45) is 11.3 Å². The van der Waals surface area contributed by atoms with Crippen LogP contribution >= 0.6 is 0 Å². The van der Waals surface area contributed by atoms with Crippen LogP contribution in [-0.4, -0.2) is 69.3 Å². The van der Waals surface area contributed by atoms with Gasteiger partial charge >= 0.3 is 5.97 Å². The molecule has 2 fully saturated rings. The van der Waals surface area contributed by atoms with Crippen LogP contribution in [0.25, 0.3) is 0 Å². The zero-order chi connectivity index (χ0) is 21.7. The number of esters is 1. The van der Waals surface area contributed by atoms with E-state index in [1.54, 1.807) is 0 Å². The van der Waals surface area contributed by atoms with Gasteiger partial charge in [0.15, 0.2) is 6.29 Å². The van der Waals surface area contributed by atoms with E-state index in [2.05, 4.69) is 44.7 Å². The molecule has 30 heavy (non-hydrogen) atoms. The minimum atomic E-state index is -0.323. The second-order valence-electron chi connectivity index (χ2n) is 9.08. The zero-order valence-electron chi connectivity index (χ0n) is 19.1. The molecule has 0 aromatic rings. The monoisotopic (exact) mass is 419 g/mol. The second kappa shape index (κ2) is 10.2. The summed E-state index contributed by atoms with van der Waals surface area (Å²) < 4.78 is 22.8. The molecular weight excluding hydrogens is 382 g/mol. The van der Waals surface area contributed by atoms with Crippen LogP contribution in [0, 0.1) is 11.3 Å². The Kier molecular flexibility index (Phi) is 7.91. The molecule has 0 bridgehead atoms. The molecule has 0 aromatic heterocycles. The molecule has 0 radical (unpaired) electrons. The van der Waals surface area contributed by atoms with Gasteiger partial charge in [0.25, 0.3) is 0 Å². The van der Waals surface area contributed by atoms with E-state index in [0.29, 0.717) is 31.8 Å². The van der Waals surface area contributed by atoms with Gasteiger partial charge in [0.1, 0.15) is 0 Å². The number of morpholine rings is 1. The van der Waals surface area contributed by atoms with E-state index < -0.39 is 0 Å². The lowest BCUT2D eigenvalue weighted by Crippen LogP contribution is -2.47. The van der Waals surface area contributed by atoms with Crippen LogP contribution in [0.2, 0.25) is 0 Å². The Morgan fingerprint density at radius 2 is 1.93 bits per heavy atom. The topological polar surface area (TPSA) is 57.2 Å². The van der Waals surface area contributed by atoms with E-state index in [1.807, 2.05) is 13.0 Å². The standard InChI is InChI=1S/C24H37NO5/c1-6-18-14-17(3)21(22(18)25-10-12-27-13-11-25)19(23(26)28-7-2)8-9-20-29-15-24(4,5)16-30-20/h6,8,14,20-22H,7,9-13,15-16H2,1-5H3/b18-6-,19-8-/t21-,22+/m0/s1. The number of ether oxygens (including phenoxy) is 4. The summed E-state index contributed by atoms with van der Waals surface area (Å²) in [5, 5.41) is 0. The lowest BCUT2D eigenvalue weighted by molar-refractivity contribution is -0.219. The first-order chi connectivity index (χ1) is 14.4. The third-order valence-corrected chi connectivity index (χ3v) is 6.01. The number of hydrogen-bond acceptors (Lipinski definition) is 6. The van der Waals surface area contributed by atoms with E-state index >= 15 is 0 Å². The average Bonchev–Trinajstić information content (AvgIpc) is 3.06. The van der Waals surface area contributed by atoms with Gasteiger partial charge in [-0.05, 0) is 26.3 Å². The number of nitrogens with zero attached hydrogens (tertiary/aromatic N) is 1.